The molecule has 0 spiro atoms. The highest BCUT2D eigenvalue weighted by Gasteiger charge is 2.06. The molecule has 3 N–H and O–H groups in total. The number of guanidine groups is 1. The molecule has 1 heterocycles. The van der Waals surface area contributed by atoms with Crippen LogP contribution in [0.5, 0.6) is 0 Å². The van der Waals surface area contributed by atoms with Crippen molar-refractivity contribution in [2.24, 2.45) is 4.99 Å². The highest BCUT2D eigenvalue weighted by molar-refractivity contribution is 14.0. The number of fused-ring (bicyclic) bond motifs is 1. The molecule has 3 aromatic rings. The first-order valence-corrected chi connectivity index (χ1v) is 9.54. The normalized spacial score (nSPS) is 11.3. The van der Waals surface area contributed by atoms with Gasteiger partial charge in [0.05, 0.1) is 13.2 Å². The number of nitrogens with zero attached hydrogens (tertiary/aromatic N) is 1. The van der Waals surface area contributed by atoms with Crippen LogP contribution < -0.4 is 10.6 Å². The van der Waals surface area contributed by atoms with Gasteiger partial charge in [0.1, 0.15) is 5.82 Å². The minimum absolute atomic E-state index is 0. The van der Waals surface area contributed by atoms with Gasteiger partial charge in [-0.2, -0.15) is 0 Å². The predicted molar refractivity (Wildman–Crippen MR) is 127 cm³/mol. The number of aliphatic imine (C=N–C) groups is 1. The maximum absolute atomic E-state index is 13.5. The Labute approximate surface area is 188 Å². The van der Waals surface area contributed by atoms with E-state index in [0.29, 0.717) is 19.7 Å². The van der Waals surface area contributed by atoms with E-state index < -0.39 is 0 Å². The predicted octanol–water partition coefficient (Wildman–Crippen LogP) is 4.37. The van der Waals surface area contributed by atoms with Crippen molar-refractivity contribution in [3.05, 3.63) is 71.2 Å². The molecule has 2 aromatic carbocycles. The van der Waals surface area contributed by atoms with Crippen LogP contribution in [0.15, 0.2) is 53.7 Å². The fourth-order valence-electron chi connectivity index (χ4n) is 3.19. The lowest BCUT2D eigenvalue weighted by atomic mass is 10.1. The molecular formula is C22H28FIN4O. The Bertz CT molecular complexity index is 941. The molecule has 0 radical (unpaired) electrons. The monoisotopic (exact) mass is 510 g/mol. The summed E-state index contributed by atoms with van der Waals surface area (Å²) in [5.74, 6) is 0.548. The van der Waals surface area contributed by atoms with Gasteiger partial charge < -0.3 is 20.4 Å². The molecule has 0 amide bonds. The summed E-state index contributed by atoms with van der Waals surface area (Å²) in [6, 6.07) is 13.0. The lowest BCUT2D eigenvalue weighted by Gasteiger charge is -2.12. The molecule has 0 saturated carbocycles. The second-order valence-corrected chi connectivity index (χ2v) is 6.58. The van der Waals surface area contributed by atoms with Crippen LogP contribution in [0.2, 0.25) is 0 Å². The zero-order valence-electron chi connectivity index (χ0n) is 16.8. The number of nitrogens with one attached hydrogen (secondary N) is 3. The van der Waals surface area contributed by atoms with Crippen molar-refractivity contribution in [3.63, 3.8) is 0 Å². The van der Waals surface area contributed by atoms with Crippen LogP contribution in [0.25, 0.3) is 10.9 Å². The Hall–Kier alpha value is -2.13. The number of aromatic nitrogens is 1. The molecule has 1 aromatic heterocycles. The van der Waals surface area contributed by atoms with Crippen molar-refractivity contribution in [1.29, 1.82) is 0 Å². The molecule has 5 nitrogen and oxygen atoms in total. The van der Waals surface area contributed by atoms with Crippen LogP contribution in [-0.4, -0.2) is 31.1 Å². The zero-order valence-corrected chi connectivity index (χ0v) is 19.1. The van der Waals surface area contributed by atoms with Crippen LogP contribution in [0, 0.1) is 5.82 Å². The van der Waals surface area contributed by atoms with Crippen LogP contribution in [0.3, 0.4) is 0 Å². The summed E-state index contributed by atoms with van der Waals surface area (Å²) in [5.41, 5.74) is 4.33. The maximum atomic E-state index is 13.5. The van der Waals surface area contributed by atoms with E-state index in [2.05, 4.69) is 27.8 Å². The van der Waals surface area contributed by atoms with Gasteiger partial charge in [0.25, 0.3) is 0 Å². The fourth-order valence-corrected chi connectivity index (χ4v) is 3.19. The summed E-state index contributed by atoms with van der Waals surface area (Å²) in [6.45, 7) is 4.68. The second-order valence-electron chi connectivity index (χ2n) is 6.58. The molecule has 29 heavy (non-hydrogen) atoms. The van der Waals surface area contributed by atoms with Gasteiger partial charge in [-0.05, 0) is 48.2 Å². The van der Waals surface area contributed by atoms with Gasteiger partial charge in [-0.25, -0.2) is 9.38 Å². The van der Waals surface area contributed by atoms with Gasteiger partial charge in [0.15, 0.2) is 5.96 Å². The summed E-state index contributed by atoms with van der Waals surface area (Å²) < 4.78 is 18.8. The topological polar surface area (TPSA) is 61.4 Å². The summed E-state index contributed by atoms with van der Waals surface area (Å²) in [7, 11) is 1.70. The van der Waals surface area contributed by atoms with Crippen molar-refractivity contribution >= 4 is 40.8 Å². The van der Waals surface area contributed by atoms with Crippen molar-refractivity contribution in [2.75, 3.05) is 20.2 Å². The largest absolute Gasteiger partial charge is 0.380 e. The van der Waals surface area contributed by atoms with E-state index in [9.17, 15) is 4.39 Å². The maximum Gasteiger partial charge on any atom is 0.191 e. The van der Waals surface area contributed by atoms with Crippen molar-refractivity contribution in [3.8, 4) is 0 Å². The number of aromatic amines is 1. The van der Waals surface area contributed by atoms with Gasteiger partial charge in [0, 0.05) is 37.3 Å². The summed E-state index contributed by atoms with van der Waals surface area (Å²) >= 11 is 0. The molecule has 0 atom stereocenters. The molecule has 0 saturated heterocycles. The summed E-state index contributed by atoms with van der Waals surface area (Å²) in [6.07, 6.45) is 2.71. The van der Waals surface area contributed by atoms with E-state index in [1.165, 1.54) is 6.07 Å². The quantitative estimate of drug-likeness (QED) is 0.240. The lowest BCUT2D eigenvalue weighted by molar-refractivity contribution is 0.184. The number of ether oxygens (including phenoxy) is 1. The Morgan fingerprint density at radius 2 is 1.90 bits per heavy atom. The molecule has 0 unspecified atom stereocenters. The Kier molecular flexibility index (Phi) is 9.40. The first-order valence-electron chi connectivity index (χ1n) is 9.54. The lowest BCUT2D eigenvalue weighted by Crippen LogP contribution is -2.38. The molecule has 0 aliphatic rings. The smallest absolute Gasteiger partial charge is 0.191 e. The van der Waals surface area contributed by atoms with E-state index in [1.807, 2.05) is 25.3 Å². The molecule has 3 rings (SSSR count). The van der Waals surface area contributed by atoms with Crippen molar-refractivity contribution in [1.82, 2.24) is 15.6 Å². The van der Waals surface area contributed by atoms with Crippen LogP contribution in [0.1, 0.15) is 23.6 Å². The SMILES string of the molecule is CCNC(=NCc1ccccc1COC)NCCc1c[nH]c2ccc(F)cc12.I. The molecule has 0 bridgehead atoms. The van der Waals surface area contributed by atoms with Gasteiger partial charge in [0.2, 0.25) is 0 Å². The van der Waals surface area contributed by atoms with E-state index in [4.69, 9.17) is 9.73 Å². The van der Waals surface area contributed by atoms with E-state index in [0.717, 1.165) is 46.5 Å². The minimum atomic E-state index is -0.217. The number of hydrogen-bond donors (Lipinski definition) is 3. The number of rotatable bonds is 8. The summed E-state index contributed by atoms with van der Waals surface area (Å²) in [5, 5.41) is 7.56. The third kappa shape index (κ3) is 6.43. The van der Waals surface area contributed by atoms with Gasteiger partial charge in [-0.3, -0.25) is 0 Å². The minimum Gasteiger partial charge on any atom is -0.380 e. The highest BCUT2D eigenvalue weighted by atomic mass is 127. The molecular weight excluding hydrogens is 482 g/mol. The molecule has 0 aliphatic carbocycles. The van der Waals surface area contributed by atoms with Crippen LogP contribution >= 0.6 is 24.0 Å². The number of halogens is 2. The molecule has 0 fully saturated rings. The standard InChI is InChI=1S/C22H27FN4O.HI/c1-3-24-22(27-13-16-6-4-5-7-18(16)15-28-2)25-11-10-17-14-26-21-9-8-19(23)12-20(17)21;/h4-9,12,14,26H,3,10-11,13,15H2,1-2H3,(H2,24,25,27);1H. The van der Waals surface area contributed by atoms with Crippen molar-refractivity contribution in [2.45, 2.75) is 26.5 Å². The Morgan fingerprint density at radius 3 is 2.66 bits per heavy atom. The van der Waals surface area contributed by atoms with Crippen molar-refractivity contribution < 1.29 is 9.13 Å². The van der Waals surface area contributed by atoms with E-state index in [1.54, 1.807) is 19.2 Å². The van der Waals surface area contributed by atoms with E-state index >= 15 is 0 Å². The molecule has 0 aliphatic heterocycles. The average Bonchev–Trinajstić information content (AvgIpc) is 3.09. The molecule has 156 valence electrons. The first-order chi connectivity index (χ1) is 13.7. The number of H-pyrrole nitrogens is 1. The second kappa shape index (κ2) is 11.8. The number of hydrogen-bond acceptors (Lipinski definition) is 2. The Balaban J connectivity index is 0.00000300. The van der Waals surface area contributed by atoms with E-state index in [-0.39, 0.29) is 29.8 Å². The van der Waals surface area contributed by atoms with Gasteiger partial charge in [-0.15, -0.1) is 24.0 Å². The third-order valence-corrected chi connectivity index (χ3v) is 4.59. The molecule has 7 heteroatoms. The zero-order chi connectivity index (χ0) is 19.8. The fraction of sp³-hybridized carbons (Fsp3) is 0.318. The highest BCUT2D eigenvalue weighted by Crippen LogP contribution is 2.19. The van der Waals surface area contributed by atoms with Gasteiger partial charge in [-0.1, -0.05) is 24.3 Å². The number of methoxy groups -OCH3 is 1. The Morgan fingerprint density at radius 1 is 1.10 bits per heavy atom. The summed E-state index contributed by atoms with van der Waals surface area (Å²) in [4.78, 5) is 7.88. The first kappa shape index (κ1) is 23.2. The number of benzene rings is 2. The average molecular weight is 510 g/mol. The van der Waals surface area contributed by atoms with Crippen LogP contribution in [0.4, 0.5) is 4.39 Å². The third-order valence-electron chi connectivity index (χ3n) is 4.59. The van der Waals surface area contributed by atoms with Gasteiger partial charge >= 0.3 is 0 Å². The van der Waals surface area contributed by atoms with Crippen LogP contribution in [-0.2, 0) is 24.3 Å².